The lowest BCUT2D eigenvalue weighted by atomic mass is 10.1. The van der Waals surface area contributed by atoms with Crippen LogP contribution in [-0.4, -0.2) is 20.4 Å². The van der Waals surface area contributed by atoms with Gasteiger partial charge in [-0.3, -0.25) is 4.79 Å². The average Bonchev–Trinajstić information content (AvgIpc) is 3.02. The van der Waals surface area contributed by atoms with Crippen molar-refractivity contribution >= 4 is 50.4 Å². The summed E-state index contributed by atoms with van der Waals surface area (Å²) in [7, 11) is 0. The standard InChI is InChI=1S/C25H23N5O/c1-15(2)14-30-23(26)21(22-24(30)28-20-12-6-5-11-19(20)27-22)25(31)29-18-13-7-9-16-8-3-4-10-17(16)18/h3-13,15H,14,26H2,1-2H3,(H,29,31). The van der Waals surface area contributed by atoms with Crippen molar-refractivity contribution in [2.75, 3.05) is 11.1 Å². The zero-order valence-electron chi connectivity index (χ0n) is 17.5. The zero-order valence-corrected chi connectivity index (χ0v) is 17.5. The van der Waals surface area contributed by atoms with E-state index in [1.54, 1.807) is 0 Å². The van der Waals surface area contributed by atoms with Gasteiger partial charge in [0.2, 0.25) is 0 Å². The number of benzene rings is 3. The molecule has 0 radical (unpaired) electrons. The number of carbonyl (C=O) groups is 1. The summed E-state index contributed by atoms with van der Waals surface area (Å²) >= 11 is 0. The van der Waals surface area contributed by atoms with E-state index in [9.17, 15) is 4.79 Å². The maximum Gasteiger partial charge on any atom is 0.261 e. The van der Waals surface area contributed by atoms with Crippen LogP contribution in [-0.2, 0) is 6.54 Å². The van der Waals surface area contributed by atoms with Gasteiger partial charge in [-0.1, -0.05) is 62.4 Å². The molecule has 0 aliphatic rings. The van der Waals surface area contributed by atoms with Crippen LogP contribution in [0.5, 0.6) is 0 Å². The third-order valence-corrected chi connectivity index (χ3v) is 5.40. The van der Waals surface area contributed by atoms with Crippen LogP contribution >= 0.6 is 0 Å². The Hall–Kier alpha value is -3.93. The van der Waals surface area contributed by atoms with Crippen LogP contribution in [0.15, 0.2) is 66.7 Å². The Labute approximate surface area is 179 Å². The van der Waals surface area contributed by atoms with Gasteiger partial charge in [-0.05, 0) is 29.5 Å². The van der Waals surface area contributed by atoms with E-state index in [0.29, 0.717) is 35.0 Å². The van der Waals surface area contributed by atoms with Crippen molar-refractivity contribution in [3.05, 3.63) is 72.3 Å². The highest BCUT2D eigenvalue weighted by Crippen LogP contribution is 2.30. The molecule has 154 valence electrons. The molecule has 5 aromatic rings. The summed E-state index contributed by atoms with van der Waals surface area (Å²) in [4.78, 5) is 23.0. The van der Waals surface area contributed by atoms with E-state index in [0.717, 1.165) is 27.5 Å². The van der Waals surface area contributed by atoms with Crippen molar-refractivity contribution in [3.8, 4) is 0 Å². The number of carbonyl (C=O) groups excluding carboxylic acids is 1. The minimum absolute atomic E-state index is 0.286. The van der Waals surface area contributed by atoms with Crippen LogP contribution in [0.3, 0.4) is 0 Å². The fourth-order valence-corrected chi connectivity index (χ4v) is 4.01. The smallest absolute Gasteiger partial charge is 0.261 e. The highest BCUT2D eigenvalue weighted by atomic mass is 16.1. The molecule has 3 N–H and O–H groups in total. The normalized spacial score (nSPS) is 11.6. The Morgan fingerprint density at radius 2 is 1.65 bits per heavy atom. The summed E-state index contributed by atoms with van der Waals surface area (Å²) < 4.78 is 1.90. The molecule has 6 nitrogen and oxygen atoms in total. The molecule has 5 rings (SSSR count). The number of amides is 1. The number of nitrogens with zero attached hydrogens (tertiary/aromatic N) is 3. The van der Waals surface area contributed by atoms with Crippen LogP contribution in [0.1, 0.15) is 24.2 Å². The van der Waals surface area contributed by atoms with E-state index in [-0.39, 0.29) is 5.91 Å². The highest BCUT2D eigenvalue weighted by molar-refractivity contribution is 6.17. The van der Waals surface area contributed by atoms with Crippen molar-refractivity contribution in [1.29, 1.82) is 0 Å². The molecular weight excluding hydrogens is 386 g/mol. The number of aromatic nitrogens is 3. The lowest BCUT2D eigenvalue weighted by Gasteiger charge is -2.11. The van der Waals surface area contributed by atoms with E-state index in [4.69, 9.17) is 15.7 Å². The number of para-hydroxylation sites is 2. The Bertz CT molecular complexity index is 1450. The number of anilines is 2. The third kappa shape index (κ3) is 3.26. The molecule has 0 saturated heterocycles. The number of nitrogen functional groups attached to an aromatic ring is 1. The second kappa shape index (κ2) is 7.40. The molecule has 6 heteroatoms. The van der Waals surface area contributed by atoms with E-state index in [1.807, 2.05) is 71.3 Å². The maximum absolute atomic E-state index is 13.5. The Morgan fingerprint density at radius 3 is 2.42 bits per heavy atom. The van der Waals surface area contributed by atoms with E-state index >= 15 is 0 Å². The Balaban J connectivity index is 1.68. The lowest BCUT2D eigenvalue weighted by Crippen LogP contribution is -2.15. The SMILES string of the molecule is CC(C)Cn1c(N)c(C(=O)Nc2cccc3ccccc23)c2nc3ccccc3nc21. The number of fused-ring (bicyclic) bond motifs is 3. The van der Waals surface area contributed by atoms with Gasteiger partial charge in [0.05, 0.1) is 11.0 Å². The predicted molar refractivity (Wildman–Crippen MR) is 126 cm³/mol. The minimum Gasteiger partial charge on any atom is -0.384 e. The minimum atomic E-state index is -0.286. The summed E-state index contributed by atoms with van der Waals surface area (Å²) in [5, 5.41) is 5.08. The molecule has 2 aromatic heterocycles. The molecule has 0 bridgehead atoms. The fourth-order valence-electron chi connectivity index (χ4n) is 4.01. The summed E-state index contributed by atoms with van der Waals surface area (Å²) in [5.74, 6) is 0.433. The van der Waals surface area contributed by atoms with Gasteiger partial charge in [0, 0.05) is 17.6 Å². The first-order valence-corrected chi connectivity index (χ1v) is 10.4. The maximum atomic E-state index is 13.5. The quantitative estimate of drug-likeness (QED) is 0.426. The molecule has 0 fully saturated rings. The Kier molecular flexibility index (Phi) is 4.55. The summed E-state index contributed by atoms with van der Waals surface area (Å²) in [6.45, 7) is 4.86. The fraction of sp³-hybridized carbons (Fsp3) is 0.160. The summed E-state index contributed by atoms with van der Waals surface area (Å²) in [6.07, 6.45) is 0. The van der Waals surface area contributed by atoms with Crippen molar-refractivity contribution in [2.24, 2.45) is 5.92 Å². The third-order valence-electron chi connectivity index (χ3n) is 5.40. The van der Waals surface area contributed by atoms with Crippen molar-refractivity contribution in [2.45, 2.75) is 20.4 Å². The molecule has 0 aliphatic carbocycles. The topological polar surface area (TPSA) is 85.8 Å². The van der Waals surface area contributed by atoms with Gasteiger partial charge in [-0.15, -0.1) is 0 Å². The van der Waals surface area contributed by atoms with Crippen LogP contribution < -0.4 is 11.1 Å². The van der Waals surface area contributed by atoms with Crippen LogP contribution in [0.2, 0.25) is 0 Å². The van der Waals surface area contributed by atoms with Crippen molar-refractivity contribution in [1.82, 2.24) is 14.5 Å². The van der Waals surface area contributed by atoms with E-state index in [2.05, 4.69) is 19.2 Å². The number of rotatable bonds is 4. The molecule has 3 aromatic carbocycles. The number of hydrogen-bond acceptors (Lipinski definition) is 4. The van der Waals surface area contributed by atoms with Gasteiger partial charge >= 0.3 is 0 Å². The molecule has 2 heterocycles. The second-order valence-corrected chi connectivity index (χ2v) is 8.13. The summed E-state index contributed by atoms with van der Waals surface area (Å²) in [5.41, 5.74) is 10.3. The number of nitrogens with one attached hydrogen (secondary N) is 1. The first-order chi connectivity index (χ1) is 15.0. The van der Waals surface area contributed by atoms with E-state index in [1.165, 1.54) is 0 Å². The van der Waals surface area contributed by atoms with E-state index < -0.39 is 0 Å². The van der Waals surface area contributed by atoms with Crippen LogP contribution in [0, 0.1) is 5.92 Å². The molecule has 1 amide bonds. The molecular formula is C25H23N5O. The molecule has 0 saturated carbocycles. The average molecular weight is 409 g/mol. The Morgan fingerprint density at radius 1 is 0.968 bits per heavy atom. The first kappa shape index (κ1) is 19.1. The second-order valence-electron chi connectivity index (χ2n) is 8.13. The van der Waals surface area contributed by atoms with Gasteiger partial charge in [-0.25, -0.2) is 9.97 Å². The molecule has 0 aliphatic heterocycles. The van der Waals surface area contributed by atoms with Gasteiger partial charge in [0.1, 0.15) is 16.9 Å². The molecule has 0 spiro atoms. The number of nitrogens with two attached hydrogens (primary N) is 1. The zero-order chi connectivity index (χ0) is 21.5. The highest BCUT2D eigenvalue weighted by Gasteiger charge is 2.24. The number of hydrogen-bond donors (Lipinski definition) is 2. The van der Waals surface area contributed by atoms with Gasteiger partial charge in [0.25, 0.3) is 5.91 Å². The largest absolute Gasteiger partial charge is 0.384 e. The van der Waals surface area contributed by atoms with Gasteiger partial charge in [-0.2, -0.15) is 0 Å². The van der Waals surface area contributed by atoms with Crippen LogP contribution in [0.4, 0.5) is 11.5 Å². The van der Waals surface area contributed by atoms with Crippen molar-refractivity contribution < 1.29 is 4.79 Å². The predicted octanol–water partition coefficient (Wildman–Crippen LogP) is 5.23. The monoisotopic (exact) mass is 409 g/mol. The first-order valence-electron chi connectivity index (χ1n) is 10.4. The molecule has 0 atom stereocenters. The van der Waals surface area contributed by atoms with Crippen molar-refractivity contribution in [3.63, 3.8) is 0 Å². The summed E-state index contributed by atoms with van der Waals surface area (Å²) in [6, 6.07) is 21.4. The van der Waals surface area contributed by atoms with Crippen LogP contribution in [0.25, 0.3) is 33.0 Å². The van der Waals surface area contributed by atoms with Gasteiger partial charge < -0.3 is 15.6 Å². The van der Waals surface area contributed by atoms with Gasteiger partial charge in [0.15, 0.2) is 5.65 Å². The molecule has 31 heavy (non-hydrogen) atoms. The lowest BCUT2D eigenvalue weighted by molar-refractivity contribution is 0.102. The molecule has 0 unspecified atom stereocenters.